The number of aryl methyl sites for hydroxylation is 1. The first kappa shape index (κ1) is 18.7. The van der Waals surface area contributed by atoms with E-state index in [1.807, 2.05) is 0 Å². The fourth-order valence-corrected chi connectivity index (χ4v) is 3.29. The summed E-state index contributed by atoms with van der Waals surface area (Å²) in [5.41, 5.74) is 4.13. The Morgan fingerprint density at radius 2 is 2.19 bits per heavy atom. The van der Waals surface area contributed by atoms with E-state index in [9.17, 15) is 9.59 Å². The molecule has 3 rings (SSSR count). The van der Waals surface area contributed by atoms with Crippen molar-refractivity contribution in [2.75, 3.05) is 10.3 Å². The van der Waals surface area contributed by atoms with Crippen LogP contribution in [0, 0.1) is 6.92 Å². The van der Waals surface area contributed by atoms with E-state index in [0.29, 0.717) is 27.2 Å². The molecule has 3 aromatic rings. The number of benzene rings is 1. The summed E-state index contributed by atoms with van der Waals surface area (Å²) in [6.07, 6.45) is 1.47. The largest absolute Gasteiger partial charge is 0.291 e. The first-order valence-corrected chi connectivity index (χ1v) is 9.07. The van der Waals surface area contributed by atoms with Crippen molar-refractivity contribution in [3.8, 4) is 0 Å². The van der Waals surface area contributed by atoms with Crippen LogP contribution in [0.4, 0.5) is 16.8 Å². The van der Waals surface area contributed by atoms with Gasteiger partial charge in [0.05, 0.1) is 17.6 Å². The highest BCUT2D eigenvalue weighted by Gasteiger charge is 2.17. The van der Waals surface area contributed by atoms with Crippen LogP contribution in [0.25, 0.3) is 0 Å². The monoisotopic (exact) mass is 402 g/mol. The molecule has 1 amide bonds. The number of H-pyrrole nitrogens is 1. The number of hydrazone groups is 1. The van der Waals surface area contributed by atoms with E-state index in [-0.39, 0.29) is 17.4 Å². The molecule has 0 aliphatic heterocycles. The first-order valence-electron chi connectivity index (χ1n) is 7.81. The van der Waals surface area contributed by atoms with E-state index in [1.54, 1.807) is 36.6 Å². The highest BCUT2D eigenvalue weighted by Crippen LogP contribution is 2.30. The Hall–Kier alpha value is -3.04. The predicted molar refractivity (Wildman–Crippen MR) is 107 cm³/mol. The minimum atomic E-state index is -0.269. The summed E-state index contributed by atoms with van der Waals surface area (Å²) in [6.45, 7) is 3.17. The maximum Gasteiger partial charge on any atom is 0.252 e. The van der Waals surface area contributed by atoms with Crippen LogP contribution in [0.3, 0.4) is 0 Å². The van der Waals surface area contributed by atoms with E-state index in [0.717, 1.165) is 0 Å². The molecule has 0 bridgehead atoms. The Morgan fingerprint density at radius 3 is 2.89 bits per heavy atom. The van der Waals surface area contributed by atoms with Crippen molar-refractivity contribution < 1.29 is 4.79 Å². The van der Waals surface area contributed by atoms with Crippen molar-refractivity contribution in [1.82, 2.24) is 15.0 Å². The van der Waals surface area contributed by atoms with Gasteiger partial charge in [0, 0.05) is 29.1 Å². The molecule has 2 N–H and O–H groups in total. The Balaban J connectivity index is 1.78. The van der Waals surface area contributed by atoms with Crippen LogP contribution in [0.5, 0.6) is 0 Å². The molecule has 27 heavy (non-hydrogen) atoms. The van der Waals surface area contributed by atoms with Crippen LogP contribution in [0.2, 0.25) is 5.02 Å². The molecule has 1 aromatic carbocycles. The number of aromatic nitrogens is 3. The topological polar surface area (TPSA) is 103 Å². The van der Waals surface area contributed by atoms with Gasteiger partial charge < -0.3 is 0 Å². The third kappa shape index (κ3) is 4.78. The molecule has 10 heteroatoms. The van der Waals surface area contributed by atoms with Gasteiger partial charge in [-0.05, 0) is 25.1 Å². The van der Waals surface area contributed by atoms with E-state index >= 15 is 0 Å². The molecule has 2 aromatic heterocycles. The van der Waals surface area contributed by atoms with Crippen molar-refractivity contribution in [1.29, 1.82) is 0 Å². The second kappa shape index (κ2) is 8.11. The fourth-order valence-electron chi connectivity index (χ4n) is 2.27. The van der Waals surface area contributed by atoms with Gasteiger partial charge in [-0.1, -0.05) is 17.7 Å². The number of aromatic amines is 1. The van der Waals surface area contributed by atoms with Crippen LogP contribution < -0.4 is 15.9 Å². The standard InChI is InChI=1S/C17H15ClN6O2S/c1-10-6-15(26)22-16(20-10)23-19-8-13-9-27-17(21-13)24(11(2)25)14-5-3-4-12(18)7-14/h3-9H,1-2H3,(H2,20,22,23,26)/b19-8-. The molecular weight excluding hydrogens is 388 g/mol. The van der Waals surface area contributed by atoms with E-state index in [1.165, 1.54) is 35.4 Å². The molecule has 0 spiro atoms. The second-order valence-corrected chi connectivity index (χ2v) is 6.77. The number of anilines is 3. The van der Waals surface area contributed by atoms with Crippen LogP contribution in [-0.2, 0) is 4.79 Å². The lowest BCUT2D eigenvalue weighted by molar-refractivity contribution is -0.115. The highest BCUT2D eigenvalue weighted by molar-refractivity contribution is 7.14. The van der Waals surface area contributed by atoms with Crippen LogP contribution in [0.15, 0.2) is 45.6 Å². The van der Waals surface area contributed by atoms with Gasteiger partial charge in [-0.15, -0.1) is 11.3 Å². The first-order chi connectivity index (χ1) is 12.9. The smallest absolute Gasteiger partial charge is 0.252 e. The summed E-state index contributed by atoms with van der Waals surface area (Å²) >= 11 is 7.32. The van der Waals surface area contributed by atoms with Crippen LogP contribution >= 0.6 is 22.9 Å². The Morgan fingerprint density at radius 1 is 1.37 bits per heavy atom. The molecule has 0 radical (unpaired) electrons. The molecule has 0 aliphatic carbocycles. The molecule has 0 fully saturated rings. The third-order valence-electron chi connectivity index (χ3n) is 3.32. The lowest BCUT2D eigenvalue weighted by Crippen LogP contribution is -2.22. The van der Waals surface area contributed by atoms with E-state index < -0.39 is 0 Å². The summed E-state index contributed by atoms with van der Waals surface area (Å²) < 4.78 is 0. The molecule has 2 heterocycles. The molecule has 0 saturated carbocycles. The number of rotatable bonds is 5. The zero-order chi connectivity index (χ0) is 19.4. The molecule has 0 saturated heterocycles. The van der Waals surface area contributed by atoms with Gasteiger partial charge in [-0.3, -0.25) is 19.5 Å². The maximum atomic E-state index is 12.1. The number of nitrogens with zero attached hydrogens (tertiary/aromatic N) is 4. The van der Waals surface area contributed by atoms with Crippen LogP contribution in [0.1, 0.15) is 18.3 Å². The Kier molecular flexibility index (Phi) is 5.63. The summed E-state index contributed by atoms with van der Waals surface area (Å²) in [5, 5.41) is 6.79. The number of thiazole rings is 1. The number of halogens is 1. The minimum absolute atomic E-state index is 0.185. The zero-order valence-electron chi connectivity index (χ0n) is 14.4. The van der Waals surface area contributed by atoms with Gasteiger partial charge in [-0.2, -0.15) is 5.10 Å². The average Bonchev–Trinajstić information content (AvgIpc) is 3.02. The van der Waals surface area contributed by atoms with E-state index in [2.05, 4.69) is 25.5 Å². The third-order valence-corrected chi connectivity index (χ3v) is 4.40. The summed E-state index contributed by atoms with van der Waals surface area (Å²) in [5.74, 6) is 0.0470. The Labute approximate surface area is 163 Å². The fraction of sp³-hybridized carbons (Fsp3) is 0.118. The van der Waals surface area contributed by atoms with Gasteiger partial charge >= 0.3 is 0 Å². The lowest BCUT2D eigenvalue weighted by atomic mass is 10.3. The number of hydrogen-bond donors (Lipinski definition) is 2. The second-order valence-electron chi connectivity index (χ2n) is 5.49. The van der Waals surface area contributed by atoms with E-state index in [4.69, 9.17) is 11.6 Å². The van der Waals surface area contributed by atoms with Crippen LogP contribution in [-0.4, -0.2) is 27.1 Å². The molecule has 0 unspecified atom stereocenters. The summed E-state index contributed by atoms with van der Waals surface area (Å²) in [4.78, 5) is 36.0. The van der Waals surface area contributed by atoms with Crippen molar-refractivity contribution in [2.24, 2.45) is 5.10 Å². The van der Waals surface area contributed by atoms with Gasteiger partial charge in [0.25, 0.3) is 5.56 Å². The number of carbonyl (C=O) groups excluding carboxylic acids is 1. The minimum Gasteiger partial charge on any atom is -0.291 e. The number of hydrogen-bond acceptors (Lipinski definition) is 7. The van der Waals surface area contributed by atoms with Gasteiger partial charge in [0.15, 0.2) is 5.13 Å². The van der Waals surface area contributed by atoms with Gasteiger partial charge in [0.2, 0.25) is 11.9 Å². The maximum absolute atomic E-state index is 12.1. The molecule has 138 valence electrons. The molecule has 0 aliphatic rings. The summed E-state index contributed by atoms with van der Waals surface area (Å²) in [6, 6.07) is 8.36. The molecular formula is C17H15ClN6O2S. The SMILES string of the molecule is CC(=O)N(c1cccc(Cl)c1)c1nc(/C=N\Nc2nc(C)cc(=O)[nH]2)cs1. The number of carbonyl (C=O) groups is 1. The normalized spacial score (nSPS) is 10.9. The molecule has 8 nitrogen and oxygen atoms in total. The zero-order valence-corrected chi connectivity index (χ0v) is 16.0. The predicted octanol–water partition coefficient (Wildman–Crippen LogP) is 3.32. The Bertz CT molecular complexity index is 1060. The van der Waals surface area contributed by atoms with Crippen molar-refractivity contribution in [3.63, 3.8) is 0 Å². The van der Waals surface area contributed by atoms with Crippen molar-refractivity contribution in [2.45, 2.75) is 13.8 Å². The lowest BCUT2D eigenvalue weighted by Gasteiger charge is -2.18. The van der Waals surface area contributed by atoms with Gasteiger partial charge in [0.1, 0.15) is 0 Å². The van der Waals surface area contributed by atoms with Gasteiger partial charge in [-0.25, -0.2) is 15.4 Å². The number of nitrogens with one attached hydrogen (secondary N) is 2. The highest BCUT2D eigenvalue weighted by atomic mass is 35.5. The summed E-state index contributed by atoms with van der Waals surface area (Å²) in [7, 11) is 0. The molecule has 0 atom stereocenters. The van der Waals surface area contributed by atoms with Crippen molar-refractivity contribution in [3.05, 3.63) is 62.5 Å². The average molecular weight is 403 g/mol. The van der Waals surface area contributed by atoms with Crippen molar-refractivity contribution >= 4 is 51.8 Å². The number of amides is 1. The quantitative estimate of drug-likeness (QED) is 0.503.